The third-order valence-electron chi connectivity index (χ3n) is 4.51. The Hall–Kier alpha value is -3.47. The van der Waals surface area contributed by atoms with E-state index in [1.165, 1.54) is 37.4 Å². The van der Waals surface area contributed by atoms with Gasteiger partial charge in [0.05, 0.1) is 43.0 Å². The Labute approximate surface area is 185 Å². The number of hydrogen-bond donors (Lipinski definition) is 1. The number of carbonyl (C=O) groups excluding carboxylic acids is 3. The summed E-state index contributed by atoms with van der Waals surface area (Å²) >= 11 is 0. The number of rotatable bonds is 8. The molecule has 2 aromatic rings. The van der Waals surface area contributed by atoms with Gasteiger partial charge in [0.1, 0.15) is 11.9 Å². The van der Waals surface area contributed by atoms with E-state index in [2.05, 4.69) is 10.1 Å². The molecule has 0 bridgehead atoms. The van der Waals surface area contributed by atoms with Gasteiger partial charge in [-0.25, -0.2) is 22.4 Å². The Morgan fingerprint density at radius 1 is 1.03 bits per heavy atom. The van der Waals surface area contributed by atoms with Crippen LogP contribution < -0.4 is 9.62 Å². The van der Waals surface area contributed by atoms with Crippen LogP contribution in [0.2, 0.25) is 0 Å². The number of carbonyl (C=O) groups is 3. The number of ether oxygens (including phenoxy) is 2. The first-order valence-electron chi connectivity index (χ1n) is 9.40. The minimum Gasteiger partial charge on any atom is -0.465 e. The van der Waals surface area contributed by atoms with Gasteiger partial charge in [-0.2, -0.15) is 0 Å². The fourth-order valence-electron chi connectivity index (χ4n) is 3.04. The maximum Gasteiger partial charge on any atom is 0.339 e. The second kappa shape index (κ2) is 10.2. The Morgan fingerprint density at radius 3 is 2.12 bits per heavy atom. The molecule has 1 N–H and O–H groups in total. The number of esters is 2. The molecule has 0 unspecified atom stereocenters. The highest BCUT2D eigenvalue weighted by molar-refractivity contribution is 7.92. The first-order valence-corrected chi connectivity index (χ1v) is 11.2. The normalized spacial score (nSPS) is 11.9. The maximum atomic E-state index is 13.3. The van der Waals surface area contributed by atoms with Crippen LogP contribution in [0, 0.1) is 5.82 Å². The van der Waals surface area contributed by atoms with Crippen molar-refractivity contribution in [1.82, 2.24) is 0 Å². The van der Waals surface area contributed by atoms with E-state index in [1.807, 2.05) is 0 Å². The number of hydrogen-bond acceptors (Lipinski definition) is 7. The number of benzene rings is 2. The van der Waals surface area contributed by atoms with E-state index in [9.17, 15) is 27.2 Å². The molecular weight excluding hydrogens is 443 g/mol. The molecule has 172 valence electrons. The van der Waals surface area contributed by atoms with Crippen molar-refractivity contribution in [3.8, 4) is 0 Å². The van der Waals surface area contributed by atoms with Crippen LogP contribution in [-0.4, -0.2) is 52.8 Å². The third-order valence-corrected chi connectivity index (χ3v) is 5.69. The van der Waals surface area contributed by atoms with Gasteiger partial charge in [-0.3, -0.25) is 9.10 Å². The first kappa shape index (κ1) is 24.8. The fraction of sp³-hybridized carbons (Fsp3) is 0.286. The van der Waals surface area contributed by atoms with Crippen molar-refractivity contribution in [1.29, 1.82) is 0 Å². The SMILES string of the molecule is CC[C@@H](C(=O)Nc1cc(C(=O)OC)ccc1C(=O)OC)N(c1ccc(F)cc1)S(C)(=O)=O. The molecule has 2 aromatic carbocycles. The van der Waals surface area contributed by atoms with Crippen LogP contribution in [-0.2, 0) is 24.3 Å². The number of nitrogens with zero attached hydrogens (tertiary/aromatic N) is 1. The summed E-state index contributed by atoms with van der Waals surface area (Å²) < 4.78 is 48.5. The minimum absolute atomic E-state index is 0.0453. The second-order valence-electron chi connectivity index (χ2n) is 6.69. The molecule has 0 saturated carbocycles. The van der Waals surface area contributed by atoms with Gasteiger partial charge >= 0.3 is 11.9 Å². The summed E-state index contributed by atoms with van der Waals surface area (Å²) in [5, 5.41) is 2.50. The van der Waals surface area contributed by atoms with Crippen molar-refractivity contribution in [2.45, 2.75) is 19.4 Å². The van der Waals surface area contributed by atoms with Crippen molar-refractivity contribution < 1.29 is 36.7 Å². The molecule has 0 aliphatic heterocycles. The zero-order chi connectivity index (χ0) is 24.1. The van der Waals surface area contributed by atoms with Gasteiger partial charge in [0.25, 0.3) is 0 Å². The zero-order valence-electron chi connectivity index (χ0n) is 17.9. The van der Waals surface area contributed by atoms with Crippen LogP contribution >= 0.6 is 0 Å². The second-order valence-corrected chi connectivity index (χ2v) is 8.55. The van der Waals surface area contributed by atoms with Crippen LogP contribution in [0.5, 0.6) is 0 Å². The van der Waals surface area contributed by atoms with Crippen molar-refractivity contribution in [3.63, 3.8) is 0 Å². The highest BCUT2D eigenvalue weighted by Crippen LogP contribution is 2.25. The molecule has 0 aliphatic rings. The number of methoxy groups -OCH3 is 2. The van der Waals surface area contributed by atoms with Crippen LogP contribution in [0.15, 0.2) is 42.5 Å². The van der Waals surface area contributed by atoms with Gasteiger partial charge in [-0.15, -0.1) is 0 Å². The van der Waals surface area contributed by atoms with Crippen molar-refractivity contribution in [3.05, 3.63) is 59.4 Å². The standard InChI is InChI=1S/C21H23FN2O7S/c1-5-18(24(32(4,28)29)15-9-7-14(22)8-10-15)19(25)23-17-12-13(20(26)30-2)6-11-16(17)21(27)31-3/h6-12,18H,5H2,1-4H3,(H,23,25)/t18-/m0/s1. The van der Waals surface area contributed by atoms with E-state index in [0.29, 0.717) is 0 Å². The number of halogens is 1. The highest BCUT2D eigenvalue weighted by Gasteiger charge is 2.32. The summed E-state index contributed by atoms with van der Waals surface area (Å²) in [4.78, 5) is 37.1. The molecule has 0 heterocycles. The number of amides is 1. The Kier molecular flexibility index (Phi) is 7.92. The molecule has 0 fully saturated rings. The average Bonchev–Trinajstić information content (AvgIpc) is 2.76. The zero-order valence-corrected chi connectivity index (χ0v) is 18.7. The van der Waals surface area contributed by atoms with E-state index in [-0.39, 0.29) is 28.9 Å². The van der Waals surface area contributed by atoms with Crippen molar-refractivity contribution >= 4 is 39.2 Å². The van der Waals surface area contributed by atoms with Crippen LogP contribution in [0.3, 0.4) is 0 Å². The van der Waals surface area contributed by atoms with Crippen LogP contribution in [0.1, 0.15) is 34.1 Å². The van der Waals surface area contributed by atoms with Gasteiger partial charge in [-0.1, -0.05) is 6.92 Å². The average molecular weight is 466 g/mol. The number of nitrogens with one attached hydrogen (secondary N) is 1. The monoisotopic (exact) mass is 466 g/mol. The molecule has 1 atom stereocenters. The summed E-state index contributed by atoms with van der Waals surface area (Å²) in [6.07, 6.45) is 0.977. The molecule has 32 heavy (non-hydrogen) atoms. The predicted octanol–water partition coefficient (Wildman–Crippen LogP) is 2.58. The minimum atomic E-state index is -3.95. The Morgan fingerprint density at radius 2 is 1.62 bits per heavy atom. The molecule has 0 aliphatic carbocycles. The van der Waals surface area contributed by atoms with Crippen LogP contribution in [0.4, 0.5) is 15.8 Å². The maximum absolute atomic E-state index is 13.3. The fourth-order valence-corrected chi connectivity index (χ4v) is 4.26. The quantitative estimate of drug-likeness (QED) is 0.594. The van der Waals surface area contributed by atoms with E-state index in [1.54, 1.807) is 6.92 Å². The lowest BCUT2D eigenvalue weighted by Gasteiger charge is -2.30. The molecule has 0 spiro atoms. The van der Waals surface area contributed by atoms with E-state index in [0.717, 1.165) is 29.8 Å². The Bertz CT molecular complexity index is 1120. The molecule has 2 rings (SSSR count). The third kappa shape index (κ3) is 5.61. The number of anilines is 2. The van der Waals surface area contributed by atoms with Crippen molar-refractivity contribution in [2.24, 2.45) is 0 Å². The van der Waals surface area contributed by atoms with E-state index >= 15 is 0 Å². The van der Waals surface area contributed by atoms with Gasteiger partial charge in [0, 0.05) is 0 Å². The largest absolute Gasteiger partial charge is 0.465 e. The van der Waals surface area contributed by atoms with E-state index in [4.69, 9.17) is 4.74 Å². The summed E-state index contributed by atoms with van der Waals surface area (Å²) in [7, 11) is -1.63. The number of sulfonamides is 1. The molecule has 0 radical (unpaired) electrons. The Balaban J connectivity index is 2.50. The summed E-state index contributed by atoms with van der Waals surface area (Å²) in [6.45, 7) is 1.60. The first-order chi connectivity index (χ1) is 15.0. The molecule has 9 nitrogen and oxygen atoms in total. The van der Waals surface area contributed by atoms with Crippen LogP contribution in [0.25, 0.3) is 0 Å². The molecule has 0 saturated heterocycles. The summed E-state index contributed by atoms with van der Waals surface area (Å²) in [5.74, 6) is -2.81. The lowest BCUT2D eigenvalue weighted by Crippen LogP contribution is -2.47. The summed E-state index contributed by atoms with van der Waals surface area (Å²) in [5.41, 5.74) is 0.0428. The lowest BCUT2D eigenvalue weighted by molar-refractivity contribution is -0.117. The van der Waals surface area contributed by atoms with E-state index < -0.39 is 39.7 Å². The summed E-state index contributed by atoms with van der Waals surface area (Å²) in [6, 6.07) is 7.23. The smallest absolute Gasteiger partial charge is 0.339 e. The van der Waals surface area contributed by atoms with Gasteiger partial charge in [0.15, 0.2) is 0 Å². The highest BCUT2D eigenvalue weighted by atomic mass is 32.2. The predicted molar refractivity (Wildman–Crippen MR) is 116 cm³/mol. The van der Waals surface area contributed by atoms with Gasteiger partial charge in [-0.05, 0) is 48.9 Å². The molecule has 1 amide bonds. The topological polar surface area (TPSA) is 119 Å². The van der Waals surface area contributed by atoms with Gasteiger partial charge < -0.3 is 14.8 Å². The molecular formula is C21H23FN2O7S. The van der Waals surface area contributed by atoms with Crippen molar-refractivity contribution in [2.75, 3.05) is 30.1 Å². The molecule has 11 heteroatoms. The molecule has 0 aromatic heterocycles. The van der Waals surface area contributed by atoms with Gasteiger partial charge in [0.2, 0.25) is 15.9 Å². The lowest BCUT2D eigenvalue weighted by atomic mass is 10.1.